The Morgan fingerprint density at radius 3 is 2.75 bits per heavy atom. The van der Waals surface area contributed by atoms with Gasteiger partial charge < -0.3 is 11.1 Å². The van der Waals surface area contributed by atoms with Gasteiger partial charge in [0.2, 0.25) is 5.91 Å². The van der Waals surface area contributed by atoms with Gasteiger partial charge in [0.25, 0.3) is 0 Å². The molecule has 0 spiro atoms. The highest BCUT2D eigenvalue weighted by atomic mass is 16.1. The first kappa shape index (κ1) is 9.26. The first-order valence-electron chi connectivity index (χ1n) is 4.33. The van der Waals surface area contributed by atoms with E-state index in [0.29, 0.717) is 13.0 Å². The zero-order valence-corrected chi connectivity index (χ0v) is 7.31. The standard InChI is InChI=1S/C9H16N2O/c1-2-6-11-8(12)7-9(10)4-3-5-9/h2H,1,3-7,10H2,(H,11,12). The fourth-order valence-corrected chi connectivity index (χ4v) is 1.38. The lowest BCUT2D eigenvalue weighted by Crippen LogP contribution is -2.49. The highest BCUT2D eigenvalue weighted by Gasteiger charge is 2.34. The van der Waals surface area contributed by atoms with Crippen LogP contribution in [-0.2, 0) is 4.79 Å². The van der Waals surface area contributed by atoms with Crippen molar-refractivity contribution in [3.63, 3.8) is 0 Å². The molecule has 1 rings (SSSR count). The number of amides is 1. The van der Waals surface area contributed by atoms with Crippen LogP contribution in [0, 0.1) is 0 Å². The molecule has 0 radical (unpaired) electrons. The Morgan fingerprint density at radius 2 is 2.33 bits per heavy atom. The molecule has 0 aromatic heterocycles. The van der Waals surface area contributed by atoms with Crippen molar-refractivity contribution in [2.75, 3.05) is 6.54 Å². The molecule has 1 saturated carbocycles. The van der Waals surface area contributed by atoms with E-state index in [0.717, 1.165) is 19.3 Å². The van der Waals surface area contributed by atoms with E-state index < -0.39 is 0 Å². The van der Waals surface area contributed by atoms with Gasteiger partial charge in [-0.15, -0.1) is 6.58 Å². The number of carbonyl (C=O) groups excluding carboxylic acids is 1. The minimum Gasteiger partial charge on any atom is -0.353 e. The number of rotatable bonds is 4. The predicted octanol–water partition coefficient (Wildman–Crippen LogP) is 0.560. The summed E-state index contributed by atoms with van der Waals surface area (Å²) in [6, 6.07) is 0. The van der Waals surface area contributed by atoms with Gasteiger partial charge in [-0.05, 0) is 19.3 Å². The third-order valence-corrected chi connectivity index (χ3v) is 2.31. The summed E-state index contributed by atoms with van der Waals surface area (Å²) in [5, 5.41) is 2.72. The zero-order valence-electron chi connectivity index (χ0n) is 7.31. The molecule has 12 heavy (non-hydrogen) atoms. The summed E-state index contributed by atoms with van der Waals surface area (Å²) in [4.78, 5) is 11.2. The van der Waals surface area contributed by atoms with Crippen LogP contribution in [0.5, 0.6) is 0 Å². The molecule has 68 valence electrons. The summed E-state index contributed by atoms with van der Waals surface area (Å²) in [6.07, 6.45) is 5.25. The molecule has 1 fully saturated rings. The van der Waals surface area contributed by atoms with E-state index >= 15 is 0 Å². The summed E-state index contributed by atoms with van der Waals surface area (Å²) in [5.41, 5.74) is 5.69. The van der Waals surface area contributed by atoms with Crippen molar-refractivity contribution >= 4 is 5.91 Å². The van der Waals surface area contributed by atoms with Gasteiger partial charge in [0.15, 0.2) is 0 Å². The third-order valence-electron chi connectivity index (χ3n) is 2.31. The monoisotopic (exact) mass is 168 g/mol. The van der Waals surface area contributed by atoms with Gasteiger partial charge in [-0.2, -0.15) is 0 Å². The second-order valence-corrected chi connectivity index (χ2v) is 3.49. The molecule has 0 aliphatic heterocycles. The Kier molecular flexibility index (Phi) is 2.87. The molecular formula is C9H16N2O. The number of hydrogen-bond donors (Lipinski definition) is 2. The van der Waals surface area contributed by atoms with Crippen molar-refractivity contribution in [3.05, 3.63) is 12.7 Å². The fraction of sp³-hybridized carbons (Fsp3) is 0.667. The summed E-state index contributed by atoms with van der Waals surface area (Å²) < 4.78 is 0. The molecule has 1 amide bonds. The predicted molar refractivity (Wildman–Crippen MR) is 48.6 cm³/mol. The van der Waals surface area contributed by atoms with Crippen molar-refractivity contribution < 1.29 is 4.79 Å². The van der Waals surface area contributed by atoms with Gasteiger partial charge in [0.05, 0.1) is 0 Å². The van der Waals surface area contributed by atoms with Crippen LogP contribution in [0.4, 0.5) is 0 Å². The van der Waals surface area contributed by atoms with E-state index in [2.05, 4.69) is 11.9 Å². The molecule has 0 heterocycles. The lowest BCUT2D eigenvalue weighted by atomic mass is 9.75. The molecule has 0 unspecified atom stereocenters. The second kappa shape index (κ2) is 3.72. The summed E-state index contributed by atoms with van der Waals surface area (Å²) in [6.45, 7) is 4.05. The van der Waals surface area contributed by atoms with E-state index in [1.54, 1.807) is 6.08 Å². The quantitative estimate of drug-likeness (QED) is 0.603. The van der Waals surface area contributed by atoms with Crippen molar-refractivity contribution in [1.82, 2.24) is 5.32 Å². The topological polar surface area (TPSA) is 55.1 Å². The normalized spacial score (nSPS) is 19.4. The number of carbonyl (C=O) groups is 1. The molecule has 1 aliphatic rings. The van der Waals surface area contributed by atoms with Crippen LogP contribution in [0.25, 0.3) is 0 Å². The fourth-order valence-electron chi connectivity index (χ4n) is 1.38. The minimum absolute atomic E-state index is 0.0390. The first-order chi connectivity index (χ1) is 5.66. The van der Waals surface area contributed by atoms with Gasteiger partial charge in [0.1, 0.15) is 0 Å². The van der Waals surface area contributed by atoms with Crippen molar-refractivity contribution in [3.8, 4) is 0 Å². The molecule has 1 aliphatic carbocycles. The van der Waals surface area contributed by atoms with Crippen LogP contribution in [0.2, 0.25) is 0 Å². The van der Waals surface area contributed by atoms with Gasteiger partial charge in [-0.25, -0.2) is 0 Å². The Labute approximate surface area is 73.0 Å². The maximum atomic E-state index is 11.2. The maximum absolute atomic E-state index is 11.2. The van der Waals surface area contributed by atoms with Crippen molar-refractivity contribution in [2.24, 2.45) is 5.73 Å². The SMILES string of the molecule is C=CCNC(=O)CC1(N)CCC1. The van der Waals surface area contributed by atoms with Crippen LogP contribution in [-0.4, -0.2) is 18.0 Å². The smallest absolute Gasteiger partial charge is 0.222 e. The molecule has 3 heteroatoms. The van der Waals surface area contributed by atoms with Gasteiger partial charge >= 0.3 is 0 Å². The Morgan fingerprint density at radius 1 is 1.67 bits per heavy atom. The lowest BCUT2D eigenvalue weighted by molar-refractivity contribution is -0.122. The molecular weight excluding hydrogens is 152 g/mol. The van der Waals surface area contributed by atoms with Crippen molar-refractivity contribution in [1.29, 1.82) is 0 Å². The first-order valence-corrected chi connectivity index (χ1v) is 4.33. The zero-order chi connectivity index (χ0) is 9.03. The number of nitrogens with one attached hydrogen (secondary N) is 1. The minimum atomic E-state index is -0.203. The Balaban J connectivity index is 2.21. The molecule has 3 nitrogen and oxygen atoms in total. The number of hydrogen-bond acceptors (Lipinski definition) is 2. The largest absolute Gasteiger partial charge is 0.353 e. The van der Waals surface area contributed by atoms with Crippen molar-refractivity contribution in [2.45, 2.75) is 31.2 Å². The molecule has 3 N–H and O–H groups in total. The second-order valence-electron chi connectivity index (χ2n) is 3.49. The van der Waals surface area contributed by atoms with E-state index in [1.165, 1.54) is 0 Å². The third kappa shape index (κ3) is 2.34. The lowest BCUT2D eigenvalue weighted by Gasteiger charge is -2.37. The van der Waals surface area contributed by atoms with E-state index in [-0.39, 0.29) is 11.4 Å². The average molecular weight is 168 g/mol. The Hall–Kier alpha value is -0.830. The summed E-state index contributed by atoms with van der Waals surface area (Å²) in [5.74, 6) is 0.0390. The van der Waals surface area contributed by atoms with Gasteiger partial charge in [-0.3, -0.25) is 4.79 Å². The Bertz CT molecular complexity index is 185. The van der Waals surface area contributed by atoms with Crippen LogP contribution in [0.1, 0.15) is 25.7 Å². The summed E-state index contributed by atoms with van der Waals surface area (Å²) in [7, 11) is 0. The average Bonchev–Trinajstić information content (AvgIpc) is 1.98. The molecule has 0 aromatic carbocycles. The number of nitrogens with two attached hydrogens (primary N) is 1. The van der Waals surface area contributed by atoms with Crippen LogP contribution >= 0.6 is 0 Å². The van der Waals surface area contributed by atoms with Crippen LogP contribution in [0.3, 0.4) is 0 Å². The summed E-state index contributed by atoms with van der Waals surface area (Å²) >= 11 is 0. The van der Waals surface area contributed by atoms with Crippen LogP contribution < -0.4 is 11.1 Å². The van der Waals surface area contributed by atoms with Crippen LogP contribution in [0.15, 0.2) is 12.7 Å². The molecule has 0 saturated heterocycles. The van der Waals surface area contributed by atoms with Gasteiger partial charge in [-0.1, -0.05) is 6.08 Å². The molecule has 0 atom stereocenters. The highest BCUT2D eigenvalue weighted by molar-refractivity contribution is 5.77. The highest BCUT2D eigenvalue weighted by Crippen LogP contribution is 2.31. The van der Waals surface area contributed by atoms with E-state index in [9.17, 15) is 4.79 Å². The van der Waals surface area contributed by atoms with E-state index in [4.69, 9.17) is 5.73 Å². The maximum Gasteiger partial charge on any atom is 0.222 e. The molecule has 0 aromatic rings. The molecule has 0 bridgehead atoms. The van der Waals surface area contributed by atoms with Gasteiger partial charge in [0, 0.05) is 18.5 Å². The van der Waals surface area contributed by atoms with E-state index in [1.807, 2.05) is 0 Å².